The lowest BCUT2D eigenvalue weighted by atomic mass is 10.2. The second-order valence-electron chi connectivity index (χ2n) is 3.58. The summed E-state index contributed by atoms with van der Waals surface area (Å²) < 4.78 is 42.6. The maximum atomic E-state index is 12.5. The molecule has 1 heterocycles. The molecule has 0 radical (unpaired) electrons. The highest BCUT2D eigenvalue weighted by Crippen LogP contribution is 2.31. The first kappa shape index (κ1) is 12.3. The number of alkyl halides is 3. The first-order valence-corrected chi connectivity index (χ1v) is 5.04. The topological polar surface area (TPSA) is 63.9 Å². The number of nitrogens with two attached hydrogens (primary N) is 1. The summed E-state index contributed by atoms with van der Waals surface area (Å²) >= 11 is 0. The molecule has 96 valence electrons. The summed E-state index contributed by atoms with van der Waals surface area (Å²) in [5.41, 5.74) is 5.27. The summed E-state index contributed by atoms with van der Waals surface area (Å²) in [6.45, 7) is 0.0349. The first-order chi connectivity index (χ1) is 8.47. The number of anilines is 1. The number of nitrogens with zero attached hydrogens (tertiary/aromatic N) is 1. The Labute approximate surface area is 101 Å². The van der Waals surface area contributed by atoms with Crippen molar-refractivity contribution in [1.29, 1.82) is 0 Å². The van der Waals surface area contributed by atoms with E-state index >= 15 is 0 Å². The quantitative estimate of drug-likeness (QED) is 0.888. The van der Waals surface area contributed by atoms with Gasteiger partial charge in [0.1, 0.15) is 18.2 Å². The molecule has 3 N–H and O–H groups in total. The molecule has 4 nitrogen and oxygen atoms in total. The molecule has 0 fully saturated rings. The molecule has 2 rings (SSSR count). The van der Waals surface area contributed by atoms with Crippen LogP contribution in [0.4, 0.5) is 19.0 Å². The van der Waals surface area contributed by atoms with Gasteiger partial charge in [-0.15, -0.1) is 0 Å². The largest absolute Gasteiger partial charge is 0.487 e. The van der Waals surface area contributed by atoms with E-state index in [0.29, 0.717) is 5.69 Å². The van der Waals surface area contributed by atoms with Crippen LogP contribution in [0.3, 0.4) is 0 Å². The highest BCUT2D eigenvalue weighted by molar-refractivity contribution is 5.34. The highest BCUT2D eigenvalue weighted by Gasteiger charge is 2.30. The smallest absolute Gasteiger partial charge is 0.416 e. The molecule has 0 saturated heterocycles. The zero-order chi connectivity index (χ0) is 13.2. The molecule has 18 heavy (non-hydrogen) atoms. The molecule has 0 aliphatic carbocycles. The van der Waals surface area contributed by atoms with E-state index in [9.17, 15) is 13.2 Å². The van der Waals surface area contributed by atoms with Gasteiger partial charge >= 0.3 is 6.18 Å². The van der Waals surface area contributed by atoms with E-state index in [4.69, 9.17) is 10.5 Å². The van der Waals surface area contributed by atoms with Gasteiger partial charge in [-0.05, 0) is 18.2 Å². The van der Waals surface area contributed by atoms with Gasteiger partial charge in [-0.2, -0.15) is 13.2 Å². The van der Waals surface area contributed by atoms with Gasteiger partial charge in [0.15, 0.2) is 0 Å². The number of nitrogen functional groups attached to an aromatic ring is 1. The molecule has 0 amide bonds. The number of aromatic amines is 1. The van der Waals surface area contributed by atoms with Crippen LogP contribution in [-0.4, -0.2) is 9.97 Å². The van der Waals surface area contributed by atoms with Crippen molar-refractivity contribution in [1.82, 2.24) is 9.97 Å². The van der Waals surface area contributed by atoms with Crippen LogP contribution in [0.1, 0.15) is 11.3 Å². The molecule has 2 aromatic rings. The van der Waals surface area contributed by atoms with Gasteiger partial charge in [0.05, 0.1) is 17.6 Å². The van der Waals surface area contributed by atoms with Gasteiger partial charge in [-0.1, -0.05) is 6.07 Å². The Morgan fingerprint density at radius 2 is 2.11 bits per heavy atom. The maximum Gasteiger partial charge on any atom is 0.416 e. The number of aromatic nitrogens is 2. The lowest BCUT2D eigenvalue weighted by Gasteiger charge is -2.09. The number of rotatable bonds is 3. The third-order valence-electron chi connectivity index (χ3n) is 2.30. The molecule has 0 saturated carbocycles. The summed E-state index contributed by atoms with van der Waals surface area (Å²) in [5.74, 6) is 0.390. The molecule has 0 atom stereocenters. The summed E-state index contributed by atoms with van der Waals surface area (Å²) in [4.78, 5) is 6.49. The lowest BCUT2D eigenvalue weighted by molar-refractivity contribution is -0.137. The Kier molecular flexibility index (Phi) is 3.14. The highest BCUT2D eigenvalue weighted by atomic mass is 19.4. The van der Waals surface area contributed by atoms with E-state index in [1.54, 1.807) is 0 Å². The number of H-pyrrole nitrogens is 1. The number of hydrogen-bond acceptors (Lipinski definition) is 3. The van der Waals surface area contributed by atoms with Crippen LogP contribution in [0, 0.1) is 0 Å². The van der Waals surface area contributed by atoms with E-state index in [1.165, 1.54) is 18.5 Å². The molecule has 1 aromatic carbocycles. The van der Waals surface area contributed by atoms with Crippen molar-refractivity contribution in [2.24, 2.45) is 0 Å². The van der Waals surface area contributed by atoms with E-state index in [1.807, 2.05) is 0 Å². The Morgan fingerprint density at radius 3 is 2.72 bits per heavy atom. The van der Waals surface area contributed by atoms with Crippen molar-refractivity contribution >= 4 is 5.82 Å². The molecule has 1 aromatic heterocycles. The number of halogens is 3. The molecule has 0 unspecified atom stereocenters. The number of imidazole rings is 1. The zero-order valence-electron chi connectivity index (χ0n) is 9.16. The SMILES string of the molecule is Nc1nc[nH]c1COc1cccc(C(F)(F)F)c1. The Bertz CT molecular complexity index is 536. The van der Waals surface area contributed by atoms with Crippen LogP contribution < -0.4 is 10.5 Å². The van der Waals surface area contributed by atoms with Gasteiger partial charge in [0.25, 0.3) is 0 Å². The van der Waals surface area contributed by atoms with E-state index in [-0.39, 0.29) is 18.2 Å². The minimum Gasteiger partial charge on any atom is -0.487 e. The summed E-state index contributed by atoms with van der Waals surface area (Å²) in [6.07, 6.45) is -2.99. The van der Waals surface area contributed by atoms with E-state index in [0.717, 1.165) is 12.1 Å². The Balaban J connectivity index is 2.09. The molecule has 7 heteroatoms. The summed E-state index contributed by atoms with van der Waals surface area (Å²) in [6, 6.07) is 4.65. The molecule has 0 bridgehead atoms. The number of benzene rings is 1. The third-order valence-corrected chi connectivity index (χ3v) is 2.30. The number of ether oxygens (including phenoxy) is 1. The molecule has 0 spiro atoms. The van der Waals surface area contributed by atoms with Gasteiger partial charge in [-0.25, -0.2) is 4.98 Å². The standard InChI is InChI=1S/C11H10F3N3O/c12-11(13,14)7-2-1-3-8(4-7)18-5-9-10(15)17-6-16-9/h1-4,6H,5,15H2,(H,16,17). The van der Waals surface area contributed by atoms with Crippen molar-refractivity contribution in [3.8, 4) is 5.75 Å². The minimum absolute atomic E-state index is 0.0349. The predicted octanol–water partition coefficient (Wildman–Crippen LogP) is 2.59. The monoisotopic (exact) mass is 257 g/mol. The predicted molar refractivity (Wildman–Crippen MR) is 58.8 cm³/mol. The Morgan fingerprint density at radius 1 is 1.33 bits per heavy atom. The van der Waals surface area contributed by atoms with Gasteiger partial charge < -0.3 is 15.5 Å². The molecular formula is C11H10F3N3O. The minimum atomic E-state index is -4.38. The summed E-state index contributed by atoms with van der Waals surface area (Å²) in [7, 11) is 0. The lowest BCUT2D eigenvalue weighted by Crippen LogP contribution is -2.05. The Hall–Kier alpha value is -2.18. The van der Waals surface area contributed by atoms with Crippen LogP contribution >= 0.6 is 0 Å². The fourth-order valence-electron chi connectivity index (χ4n) is 1.36. The zero-order valence-corrected chi connectivity index (χ0v) is 9.16. The average Bonchev–Trinajstić information content (AvgIpc) is 2.72. The second kappa shape index (κ2) is 4.59. The first-order valence-electron chi connectivity index (χ1n) is 5.04. The van der Waals surface area contributed by atoms with Crippen LogP contribution in [0.5, 0.6) is 5.75 Å². The van der Waals surface area contributed by atoms with Gasteiger partial charge in [-0.3, -0.25) is 0 Å². The van der Waals surface area contributed by atoms with Crippen LogP contribution in [0.15, 0.2) is 30.6 Å². The molecular weight excluding hydrogens is 247 g/mol. The molecule has 0 aliphatic heterocycles. The average molecular weight is 257 g/mol. The van der Waals surface area contributed by atoms with Crippen LogP contribution in [0.25, 0.3) is 0 Å². The van der Waals surface area contributed by atoms with E-state index < -0.39 is 11.7 Å². The summed E-state index contributed by atoms with van der Waals surface area (Å²) in [5, 5.41) is 0. The van der Waals surface area contributed by atoms with Gasteiger partial charge in [0.2, 0.25) is 0 Å². The molecule has 0 aliphatic rings. The van der Waals surface area contributed by atoms with Crippen LogP contribution in [-0.2, 0) is 12.8 Å². The fraction of sp³-hybridized carbons (Fsp3) is 0.182. The van der Waals surface area contributed by atoms with Crippen molar-refractivity contribution in [3.63, 3.8) is 0 Å². The third kappa shape index (κ3) is 2.73. The number of hydrogen-bond donors (Lipinski definition) is 2. The van der Waals surface area contributed by atoms with E-state index in [2.05, 4.69) is 9.97 Å². The maximum absolute atomic E-state index is 12.5. The van der Waals surface area contributed by atoms with Gasteiger partial charge in [0, 0.05) is 0 Å². The van der Waals surface area contributed by atoms with Crippen molar-refractivity contribution in [2.75, 3.05) is 5.73 Å². The van der Waals surface area contributed by atoms with Crippen molar-refractivity contribution < 1.29 is 17.9 Å². The number of nitrogens with one attached hydrogen (secondary N) is 1. The normalized spacial score (nSPS) is 11.5. The van der Waals surface area contributed by atoms with Crippen LogP contribution in [0.2, 0.25) is 0 Å². The second-order valence-corrected chi connectivity index (χ2v) is 3.58. The fourth-order valence-corrected chi connectivity index (χ4v) is 1.36. The van der Waals surface area contributed by atoms with Crippen molar-refractivity contribution in [3.05, 3.63) is 41.9 Å². The van der Waals surface area contributed by atoms with Crippen molar-refractivity contribution in [2.45, 2.75) is 12.8 Å².